The summed E-state index contributed by atoms with van der Waals surface area (Å²) in [6.07, 6.45) is 0.812. The number of hydrogen-bond donors (Lipinski definition) is 0. The number of amides is 1. The molecule has 0 radical (unpaired) electrons. The molecular formula is C22H30N2O3S. The first-order chi connectivity index (χ1) is 13.2. The highest BCUT2D eigenvalue weighted by atomic mass is 32.2. The lowest BCUT2D eigenvalue weighted by Gasteiger charge is -2.29. The van der Waals surface area contributed by atoms with Gasteiger partial charge in [-0.1, -0.05) is 43.3 Å². The van der Waals surface area contributed by atoms with E-state index < -0.39 is 10.0 Å². The highest BCUT2D eigenvalue weighted by molar-refractivity contribution is 7.89. The number of rotatable bonds is 8. The maximum Gasteiger partial charge on any atom is 0.254 e. The minimum absolute atomic E-state index is 0.0336. The molecule has 1 atom stereocenters. The van der Waals surface area contributed by atoms with E-state index in [1.165, 1.54) is 16.4 Å². The minimum Gasteiger partial charge on any atom is -0.332 e. The van der Waals surface area contributed by atoms with Gasteiger partial charge in [-0.25, -0.2) is 8.42 Å². The van der Waals surface area contributed by atoms with Crippen LogP contribution < -0.4 is 0 Å². The maximum absolute atomic E-state index is 13.2. The molecule has 0 aliphatic carbocycles. The van der Waals surface area contributed by atoms with E-state index in [2.05, 4.69) is 0 Å². The molecule has 1 amide bonds. The summed E-state index contributed by atoms with van der Waals surface area (Å²) in [7, 11) is -2.09. The Hall–Kier alpha value is -2.18. The summed E-state index contributed by atoms with van der Waals surface area (Å²) in [5, 5.41) is 0. The van der Waals surface area contributed by atoms with E-state index in [1.54, 1.807) is 24.1 Å². The molecule has 0 spiro atoms. The van der Waals surface area contributed by atoms with Gasteiger partial charge in [0, 0.05) is 31.2 Å². The number of hydrogen-bond acceptors (Lipinski definition) is 3. The zero-order valence-corrected chi connectivity index (χ0v) is 18.1. The van der Waals surface area contributed by atoms with Gasteiger partial charge in [0.1, 0.15) is 0 Å². The molecule has 0 fully saturated rings. The molecule has 0 aliphatic heterocycles. The minimum atomic E-state index is -3.64. The second-order valence-corrected chi connectivity index (χ2v) is 9.32. The van der Waals surface area contributed by atoms with Crippen LogP contribution in [0.25, 0.3) is 0 Å². The van der Waals surface area contributed by atoms with Crippen LogP contribution in [-0.2, 0) is 16.6 Å². The topological polar surface area (TPSA) is 57.7 Å². The van der Waals surface area contributed by atoms with Crippen LogP contribution in [0.2, 0.25) is 0 Å². The van der Waals surface area contributed by atoms with Gasteiger partial charge >= 0.3 is 0 Å². The van der Waals surface area contributed by atoms with Crippen molar-refractivity contribution in [1.82, 2.24) is 9.21 Å². The van der Waals surface area contributed by atoms with Crippen molar-refractivity contribution in [2.45, 2.75) is 57.6 Å². The Kier molecular flexibility index (Phi) is 7.38. The Morgan fingerprint density at radius 2 is 1.64 bits per heavy atom. The summed E-state index contributed by atoms with van der Waals surface area (Å²) in [6, 6.07) is 16.0. The normalized spacial score (nSPS) is 13.0. The summed E-state index contributed by atoms with van der Waals surface area (Å²) in [5.74, 6) is -0.164. The average Bonchev–Trinajstić information content (AvgIpc) is 2.71. The highest BCUT2D eigenvalue weighted by Crippen LogP contribution is 2.21. The predicted octanol–water partition coefficient (Wildman–Crippen LogP) is 4.16. The molecule has 2 rings (SSSR count). The molecule has 0 heterocycles. The lowest BCUT2D eigenvalue weighted by atomic mass is 10.1. The summed E-state index contributed by atoms with van der Waals surface area (Å²) in [6.45, 7) is 8.16. The third-order valence-corrected chi connectivity index (χ3v) is 7.09. The Balaban J connectivity index is 2.37. The fourth-order valence-electron chi connectivity index (χ4n) is 2.83. The van der Waals surface area contributed by atoms with Crippen LogP contribution in [0, 0.1) is 0 Å². The second kappa shape index (κ2) is 9.34. The quantitative estimate of drug-likeness (QED) is 0.666. The van der Waals surface area contributed by atoms with E-state index in [-0.39, 0.29) is 22.9 Å². The molecule has 0 aromatic heterocycles. The smallest absolute Gasteiger partial charge is 0.254 e. The monoisotopic (exact) mass is 402 g/mol. The summed E-state index contributed by atoms with van der Waals surface area (Å²) in [4.78, 5) is 15.2. The van der Waals surface area contributed by atoms with Gasteiger partial charge in [-0.2, -0.15) is 4.31 Å². The highest BCUT2D eigenvalue weighted by Gasteiger charge is 2.26. The van der Waals surface area contributed by atoms with E-state index >= 15 is 0 Å². The average molecular weight is 403 g/mol. The molecule has 2 aromatic carbocycles. The van der Waals surface area contributed by atoms with Crippen LogP contribution in [0.1, 0.15) is 50.0 Å². The summed E-state index contributed by atoms with van der Waals surface area (Å²) < 4.78 is 26.9. The van der Waals surface area contributed by atoms with Crippen molar-refractivity contribution in [3.8, 4) is 0 Å². The van der Waals surface area contributed by atoms with Gasteiger partial charge in [0.15, 0.2) is 0 Å². The SMILES string of the molecule is CCC(C)N(Cc1ccccc1)C(=O)c1cccc(S(=O)(=O)N(C)C(C)C)c1. The Labute approximate surface area is 169 Å². The molecule has 152 valence electrons. The number of carbonyl (C=O) groups excluding carboxylic acids is 1. The molecule has 6 heteroatoms. The van der Waals surface area contributed by atoms with Crippen LogP contribution in [0.5, 0.6) is 0 Å². The van der Waals surface area contributed by atoms with Crippen molar-refractivity contribution in [3.05, 3.63) is 65.7 Å². The fourth-order valence-corrected chi connectivity index (χ4v) is 4.24. The summed E-state index contributed by atoms with van der Waals surface area (Å²) >= 11 is 0. The number of benzene rings is 2. The van der Waals surface area contributed by atoms with E-state index in [4.69, 9.17) is 0 Å². The first-order valence-electron chi connectivity index (χ1n) is 9.61. The summed E-state index contributed by atoms with van der Waals surface area (Å²) in [5.41, 5.74) is 1.42. The van der Waals surface area contributed by atoms with Gasteiger partial charge in [0.25, 0.3) is 5.91 Å². The van der Waals surface area contributed by atoms with Crippen LogP contribution in [0.15, 0.2) is 59.5 Å². The number of carbonyl (C=O) groups is 1. The second-order valence-electron chi connectivity index (χ2n) is 7.32. The van der Waals surface area contributed by atoms with Gasteiger partial charge in [-0.15, -0.1) is 0 Å². The van der Waals surface area contributed by atoms with E-state index in [0.717, 1.165) is 12.0 Å². The third-order valence-electron chi connectivity index (χ3n) is 5.06. The molecule has 0 bridgehead atoms. The standard InChI is InChI=1S/C22H30N2O3S/c1-6-18(4)24(16-19-11-8-7-9-12-19)22(25)20-13-10-14-21(15-20)28(26,27)23(5)17(2)3/h7-15,17-18H,6,16H2,1-5H3. The molecule has 28 heavy (non-hydrogen) atoms. The van der Waals surface area contributed by atoms with Crippen molar-refractivity contribution in [3.63, 3.8) is 0 Å². The number of nitrogens with zero attached hydrogens (tertiary/aromatic N) is 2. The number of sulfonamides is 1. The van der Waals surface area contributed by atoms with E-state index in [1.807, 2.05) is 58.0 Å². The molecule has 0 aliphatic rings. The molecule has 5 nitrogen and oxygen atoms in total. The van der Waals surface area contributed by atoms with Crippen LogP contribution in [0.4, 0.5) is 0 Å². The predicted molar refractivity (Wildman–Crippen MR) is 113 cm³/mol. The first kappa shape index (κ1) is 22.1. The van der Waals surface area contributed by atoms with Crippen LogP contribution in [-0.4, -0.2) is 42.7 Å². The van der Waals surface area contributed by atoms with Crippen molar-refractivity contribution in [2.75, 3.05) is 7.05 Å². The molecule has 0 saturated heterocycles. The lowest BCUT2D eigenvalue weighted by Crippen LogP contribution is -2.38. The van der Waals surface area contributed by atoms with Gasteiger partial charge in [-0.3, -0.25) is 4.79 Å². The zero-order chi connectivity index (χ0) is 20.9. The molecular weight excluding hydrogens is 372 g/mol. The Morgan fingerprint density at radius 1 is 1.00 bits per heavy atom. The zero-order valence-electron chi connectivity index (χ0n) is 17.3. The molecule has 2 aromatic rings. The van der Waals surface area contributed by atoms with Crippen molar-refractivity contribution >= 4 is 15.9 Å². The van der Waals surface area contributed by atoms with Crippen molar-refractivity contribution < 1.29 is 13.2 Å². The fraction of sp³-hybridized carbons (Fsp3) is 0.409. The van der Waals surface area contributed by atoms with Crippen molar-refractivity contribution in [1.29, 1.82) is 0 Å². The Bertz CT molecular complexity index is 895. The third kappa shape index (κ3) is 5.00. The van der Waals surface area contributed by atoms with Crippen molar-refractivity contribution in [2.24, 2.45) is 0 Å². The van der Waals surface area contributed by atoms with Gasteiger partial charge in [-0.05, 0) is 51.0 Å². The van der Waals surface area contributed by atoms with Gasteiger partial charge < -0.3 is 4.90 Å². The van der Waals surface area contributed by atoms with Gasteiger partial charge in [0.05, 0.1) is 4.90 Å². The Morgan fingerprint density at radius 3 is 2.21 bits per heavy atom. The maximum atomic E-state index is 13.2. The largest absolute Gasteiger partial charge is 0.332 e. The molecule has 0 saturated carbocycles. The molecule has 1 unspecified atom stereocenters. The van der Waals surface area contributed by atoms with E-state index in [9.17, 15) is 13.2 Å². The van der Waals surface area contributed by atoms with Crippen LogP contribution in [0.3, 0.4) is 0 Å². The first-order valence-corrected chi connectivity index (χ1v) is 11.1. The molecule has 0 N–H and O–H groups in total. The van der Waals surface area contributed by atoms with Gasteiger partial charge in [0.2, 0.25) is 10.0 Å². The van der Waals surface area contributed by atoms with Crippen LogP contribution >= 0.6 is 0 Å². The van der Waals surface area contributed by atoms with E-state index in [0.29, 0.717) is 12.1 Å². The lowest BCUT2D eigenvalue weighted by molar-refractivity contribution is 0.0671.